The number of rotatable bonds is 2. The molecule has 5 nitrogen and oxygen atoms in total. The maximum absolute atomic E-state index is 12.2. The van der Waals surface area contributed by atoms with E-state index in [9.17, 15) is 14.7 Å². The number of carbonyl (C=O) groups is 2. The molecule has 0 aliphatic carbocycles. The van der Waals surface area contributed by atoms with Crippen LogP contribution in [0.25, 0.3) is 0 Å². The third-order valence-corrected chi connectivity index (χ3v) is 4.20. The number of hydrogen-bond acceptors (Lipinski definition) is 2. The summed E-state index contributed by atoms with van der Waals surface area (Å²) in [4.78, 5) is 24.9. The van der Waals surface area contributed by atoms with Crippen molar-refractivity contribution in [1.82, 2.24) is 4.90 Å². The number of carboxylic acid groups (broad SMARTS) is 1. The van der Waals surface area contributed by atoms with Gasteiger partial charge in [-0.25, -0.2) is 4.79 Å². The van der Waals surface area contributed by atoms with Crippen molar-refractivity contribution < 1.29 is 14.7 Å². The molecule has 108 valence electrons. The van der Waals surface area contributed by atoms with Crippen LogP contribution in [-0.4, -0.2) is 35.1 Å². The van der Waals surface area contributed by atoms with E-state index in [1.54, 1.807) is 11.8 Å². The molecule has 0 saturated carbocycles. The number of amides is 2. The molecule has 0 radical (unpaired) electrons. The summed E-state index contributed by atoms with van der Waals surface area (Å²) in [6, 6.07) is 5.35. The van der Waals surface area contributed by atoms with E-state index in [0.29, 0.717) is 13.0 Å². The van der Waals surface area contributed by atoms with E-state index in [-0.39, 0.29) is 12.6 Å². The lowest BCUT2D eigenvalue weighted by Crippen LogP contribution is -2.37. The van der Waals surface area contributed by atoms with E-state index in [1.165, 1.54) is 0 Å². The van der Waals surface area contributed by atoms with Crippen LogP contribution in [-0.2, 0) is 4.79 Å². The van der Waals surface area contributed by atoms with E-state index in [4.69, 9.17) is 0 Å². The molecule has 1 atom stereocenters. The summed E-state index contributed by atoms with van der Waals surface area (Å²) >= 11 is 3.37. The monoisotopic (exact) mass is 340 g/mol. The highest BCUT2D eigenvalue weighted by Gasteiger charge is 2.42. The van der Waals surface area contributed by atoms with Crippen molar-refractivity contribution in [3.63, 3.8) is 0 Å². The Morgan fingerprint density at radius 2 is 2.15 bits per heavy atom. The average molecular weight is 341 g/mol. The lowest BCUT2D eigenvalue weighted by molar-refractivity contribution is -0.146. The molecule has 1 fully saturated rings. The molecule has 2 rings (SSSR count). The summed E-state index contributed by atoms with van der Waals surface area (Å²) in [6.07, 6.45) is 0.481. The SMILES string of the molecule is Cc1cc(Br)ccc1NC(=O)N1CCC(C)(C(=O)O)C1. The summed E-state index contributed by atoms with van der Waals surface area (Å²) in [5.41, 5.74) is 0.849. The number of nitrogens with zero attached hydrogens (tertiary/aromatic N) is 1. The van der Waals surface area contributed by atoms with Crippen LogP contribution in [0.2, 0.25) is 0 Å². The van der Waals surface area contributed by atoms with Gasteiger partial charge in [-0.2, -0.15) is 0 Å². The summed E-state index contributed by atoms with van der Waals surface area (Å²) in [5.74, 6) is -0.854. The highest BCUT2D eigenvalue weighted by molar-refractivity contribution is 9.10. The van der Waals surface area contributed by atoms with Crippen molar-refractivity contribution in [2.45, 2.75) is 20.3 Å². The number of aryl methyl sites for hydroxylation is 1. The van der Waals surface area contributed by atoms with Crippen LogP contribution in [0, 0.1) is 12.3 Å². The zero-order chi connectivity index (χ0) is 14.9. The third-order valence-electron chi connectivity index (χ3n) is 3.71. The summed E-state index contributed by atoms with van der Waals surface area (Å²) in [7, 11) is 0. The van der Waals surface area contributed by atoms with E-state index >= 15 is 0 Å². The van der Waals surface area contributed by atoms with Gasteiger partial charge in [-0.05, 0) is 44.0 Å². The summed E-state index contributed by atoms with van der Waals surface area (Å²) in [5, 5.41) is 12.0. The molecule has 1 heterocycles. The number of halogens is 1. The Kier molecular flexibility index (Phi) is 4.04. The van der Waals surface area contributed by atoms with Crippen LogP contribution < -0.4 is 5.32 Å². The minimum atomic E-state index is -0.854. The predicted octanol–water partition coefficient (Wildman–Crippen LogP) is 3.09. The molecule has 1 aliphatic heterocycles. The molecule has 2 N–H and O–H groups in total. The fourth-order valence-corrected chi connectivity index (χ4v) is 2.75. The number of carbonyl (C=O) groups excluding carboxylic acids is 1. The fraction of sp³-hybridized carbons (Fsp3) is 0.429. The van der Waals surface area contributed by atoms with Crippen molar-refractivity contribution in [3.05, 3.63) is 28.2 Å². The number of likely N-dealkylation sites (tertiary alicyclic amines) is 1. The zero-order valence-electron chi connectivity index (χ0n) is 11.4. The molecule has 0 bridgehead atoms. The van der Waals surface area contributed by atoms with Gasteiger partial charge in [-0.1, -0.05) is 15.9 Å². The number of urea groups is 1. The fourth-order valence-electron chi connectivity index (χ4n) is 2.27. The highest BCUT2D eigenvalue weighted by atomic mass is 79.9. The molecule has 1 saturated heterocycles. The van der Waals surface area contributed by atoms with Gasteiger partial charge >= 0.3 is 12.0 Å². The van der Waals surface area contributed by atoms with Gasteiger partial charge in [0.25, 0.3) is 0 Å². The molecule has 2 amide bonds. The number of carboxylic acids is 1. The van der Waals surface area contributed by atoms with Crippen LogP contribution in [0.15, 0.2) is 22.7 Å². The Hall–Kier alpha value is -1.56. The second-order valence-corrected chi connectivity index (χ2v) is 6.34. The second kappa shape index (κ2) is 5.44. The van der Waals surface area contributed by atoms with Gasteiger partial charge in [-0.3, -0.25) is 4.79 Å². The first-order valence-corrected chi connectivity index (χ1v) is 7.17. The van der Waals surface area contributed by atoms with Crippen molar-refractivity contribution in [2.75, 3.05) is 18.4 Å². The average Bonchev–Trinajstić information content (AvgIpc) is 2.77. The first kappa shape index (κ1) is 14.8. The van der Waals surface area contributed by atoms with E-state index in [0.717, 1.165) is 15.7 Å². The van der Waals surface area contributed by atoms with Crippen LogP contribution in [0.4, 0.5) is 10.5 Å². The number of hydrogen-bond donors (Lipinski definition) is 2. The van der Waals surface area contributed by atoms with Crippen molar-refractivity contribution in [1.29, 1.82) is 0 Å². The van der Waals surface area contributed by atoms with Crippen molar-refractivity contribution in [3.8, 4) is 0 Å². The lowest BCUT2D eigenvalue weighted by atomic mass is 9.90. The van der Waals surface area contributed by atoms with Crippen LogP contribution in [0.3, 0.4) is 0 Å². The van der Waals surface area contributed by atoms with E-state index in [2.05, 4.69) is 21.2 Å². The second-order valence-electron chi connectivity index (χ2n) is 5.43. The number of anilines is 1. The first-order valence-electron chi connectivity index (χ1n) is 6.37. The number of nitrogens with one attached hydrogen (secondary N) is 1. The number of benzene rings is 1. The molecule has 6 heteroatoms. The normalized spacial score (nSPS) is 21.9. The third kappa shape index (κ3) is 2.95. The van der Waals surface area contributed by atoms with Gasteiger partial charge < -0.3 is 15.3 Å². The zero-order valence-corrected chi connectivity index (χ0v) is 13.0. The maximum atomic E-state index is 12.2. The molecule has 1 unspecified atom stereocenters. The van der Waals surface area contributed by atoms with E-state index in [1.807, 2.05) is 25.1 Å². The van der Waals surface area contributed by atoms with Gasteiger partial charge in [0, 0.05) is 23.2 Å². The topological polar surface area (TPSA) is 69.6 Å². The molecule has 20 heavy (non-hydrogen) atoms. The quantitative estimate of drug-likeness (QED) is 0.869. The van der Waals surface area contributed by atoms with Gasteiger partial charge in [0.05, 0.1) is 5.41 Å². The Morgan fingerprint density at radius 3 is 2.70 bits per heavy atom. The summed E-state index contributed by atoms with van der Waals surface area (Å²) in [6.45, 7) is 4.28. The number of aliphatic carboxylic acids is 1. The van der Waals surface area contributed by atoms with Crippen molar-refractivity contribution in [2.24, 2.45) is 5.41 Å². The molecule has 0 aromatic heterocycles. The molecular formula is C14H17BrN2O3. The molecule has 1 aromatic carbocycles. The summed E-state index contributed by atoms with van der Waals surface area (Å²) < 4.78 is 0.952. The molecule has 1 aromatic rings. The molecule has 0 spiro atoms. The van der Waals surface area contributed by atoms with Gasteiger partial charge in [0.2, 0.25) is 0 Å². The molecule has 1 aliphatic rings. The van der Waals surface area contributed by atoms with Crippen molar-refractivity contribution >= 4 is 33.6 Å². The predicted molar refractivity (Wildman–Crippen MR) is 79.8 cm³/mol. The Balaban J connectivity index is 2.05. The largest absolute Gasteiger partial charge is 0.481 e. The minimum Gasteiger partial charge on any atom is -0.481 e. The minimum absolute atomic E-state index is 0.240. The highest BCUT2D eigenvalue weighted by Crippen LogP contribution is 2.30. The van der Waals surface area contributed by atoms with Crippen LogP contribution in [0.5, 0.6) is 0 Å². The van der Waals surface area contributed by atoms with Crippen LogP contribution >= 0.6 is 15.9 Å². The Bertz CT molecular complexity index is 561. The Morgan fingerprint density at radius 1 is 1.45 bits per heavy atom. The van der Waals surface area contributed by atoms with Gasteiger partial charge in [0.15, 0.2) is 0 Å². The smallest absolute Gasteiger partial charge is 0.321 e. The standard InChI is InChI=1S/C14H17BrN2O3/c1-9-7-10(15)3-4-11(9)16-13(20)17-6-5-14(2,8-17)12(18)19/h3-4,7H,5-6,8H2,1-2H3,(H,16,20)(H,18,19). The molecular weight excluding hydrogens is 324 g/mol. The maximum Gasteiger partial charge on any atom is 0.321 e. The lowest BCUT2D eigenvalue weighted by Gasteiger charge is -2.21. The van der Waals surface area contributed by atoms with Gasteiger partial charge in [0.1, 0.15) is 0 Å². The van der Waals surface area contributed by atoms with Crippen LogP contribution in [0.1, 0.15) is 18.9 Å². The van der Waals surface area contributed by atoms with E-state index < -0.39 is 11.4 Å². The first-order chi connectivity index (χ1) is 9.32. The van der Waals surface area contributed by atoms with Gasteiger partial charge in [-0.15, -0.1) is 0 Å². The Labute approximate surface area is 126 Å².